The van der Waals surface area contributed by atoms with Crippen molar-refractivity contribution in [1.29, 1.82) is 0 Å². The molecule has 0 spiro atoms. The standard InChI is InChI=1S/C13H12ClF3N2/c1-19(8-13(15,16)17)12-11-5-3-2-4-10(11)9(6-14)7-18-12/h2-5,7H,6,8H2,1H3. The molecule has 19 heavy (non-hydrogen) atoms. The molecule has 0 N–H and O–H groups in total. The lowest BCUT2D eigenvalue weighted by Crippen LogP contribution is -2.31. The Kier molecular flexibility index (Phi) is 3.85. The van der Waals surface area contributed by atoms with E-state index in [-0.39, 0.29) is 5.88 Å². The minimum atomic E-state index is -4.26. The number of aromatic nitrogens is 1. The molecule has 0 amide bonds. The molecule has 0 radical (unpaired) electrons. The smallest absolute Gasteiger partial charge is 0.350 e. The summed E-state index contributed by atoms with van der Waals surface area (Å²) in [5, 5.41) is 1.50. The van der Waals surface area contributed by atoms with Gasteiger partial charge in [0, 0.05) is 24.5 Å². The molecular weight excluding hydrogens is 277 g/mol. The fourth-order valence-electron chi connectivity index (χ4n) is 1.99. The number of fused-ring (bicyclic) bond motifs is 1. The third kappa shape index (κ3) is 3.10. The number of benzene rings is 1. The van der Waals surface area contributed by atoms with Gasteiger partial charge in [-0.2, -0.15) is 13.2 Å². The maximum absolute atomic E-state index is 12.4. The van der Waals surface area contributed by atoms with Crippen LogP contribution in [-0.2, 0) is 5.88 Å². The summed E-state index contributed by atoms with van der Waals surface area (Å²) in [6.07, 6.45) is -2.74. The maximum Gasteiger partial charge on any atom is 0.405 e. The van der Waals surface area contributed by atoms with Gasteiger partial charge in [-0.1, -0.05) is 24.3 Å². The monoisotopic (exact) mass is 288 g/mol. The second kappa shape index (κ2) is 5.25. The molecule has 102 valence electrons. The molecule has 0 aliphatic carbocycles. The molecule has 1 heterocycles. The summed E-state index contributed by atoms with van der Waals surface area (Å²) >= 11 is 5.81. The quantitative estimate of drug-likeness (QED) is 0.795. The van der Waals surface area contributed by atoms with E-state index in [4.69, 9.17) is 11.6 Å². The summed E-state index contributed by atoms with van der Waals surface area (Å²) < 4.78 is 37.3. The summed E-state index contributed by atoms with van der Waals surface area (Å²) in [6, 6.07) is 7.18. The molecule has 2 rings (SSSR count). The van der Waals surface area contributed by atoms with Crippen molar-refractivity contribution in [2.24, 2.45) is 0 Å². The van der Waals surface area contributed by atoms with Gasteiger partial charge in [0.05, 0.1) is 0 Å². The van der Waals surface area contributed by atoms with Crippen LogP contribution < -0.4 is 4.90 Å². The van der Waals surface area contributed by atoms with E-state index < -0.39 is 12.7 Å². The van der Waals surface area contributed by atoms with E-state index in [9.17, 15) is 13.2 Å². The minimum absolute atomic E-state index is 0.275. The van der Waals surface area contributed by atoms with Crippen molar-refractivity contribution in [3.05, 3.63) is 36.0 Å². The van der Waals surface area contributed by atoms with Crippen molar-refractivity contribution in [2.45, 2.75) is 12.1 Å². The first-order valence-corrected chi connectivity index (χ1v) is 6.16. The maximum atomic E-state index is 12.4. The van der Waals surface area contributed by atoms with Crippen LogP contribution in [-0.4, -0.2) is 24.8 Å². The lowest BCUT2D eigenvalue weighted by molar-refractivity contribution is -0.119. The Morgan fingerprint density at radius 3 is 2.42 bits per heavy atom. The van der Waals surface area contributed by atoms with Gasteiger partial charge in [0.25, 0.3) is 0 Å². The highest BCUT2D eigenvalue weighted by molar-refractivity contribution is 6.18. The van der Waals surface area contributed by atoms with Gasteiger partial charge in [-0.05, 0) is 10.9 Å². The second-order valence-corrected chi connectivity index (χ2v) is 4.52. The minimum Gasteiger partial charge on any atom is -0.350 e. The highest BCUT2D eigenvalue weighted by Gasteiger charge is 2.30. The predicted octanol–water partition coefficient (Wildman–Crippen LogP) is 3.97. The zero-order chi connectivity index (χ0) is 14.0. The summed E-state index contributed by atoms with van der Waals surface area (Å²) in [4.78, 5) is 5.20. The van der Waals surface area contributed by atoms with E-state index >= 15 is 0 Å². The van der Waals surface area contributed by atoms with Crippen LogP contribution >= 0.6 is 11.6 Å². The van der Waals surface area contributed by atoms with Gasteiger partial charge in [-0.15, -0.1) is 11.6 Å². The molecule has 1 aromatic carbocycles. The fourth-order valence-corrected chi connectivity index (χ4v) is 2.20. The van der Waals surface area contributed by atoms with Crippen molar-refractivity contribution in [3.63, 3.8) is 0 Å². The van der Waals surface area contributed by atoms with Crippen molar-refractivity contribution >= 4 is 28.2 Å². The van der Waals surface area contributed by atoms with Crippen LogP contribution in [0.3, 0.4) is 0 Å². The van der Waals surface area contributed by atoms with E-state index in [1.54, 1.807) is 12.1 Å². The number of alkyl halides is 4. The fraction of sp³-hybridized carbons (Fsp3) is 0.308. The lowest BCUT2D eigenvalue weighted by Gasteiger charge is -2.22. The normalized spacial score (nSPS) is 11.8. The highest BCUT2D eigenvalue weighted by atomic mass is 35.5. The Hall–Kier alpha value is -1.49. The van der Waals surface area contributed by atoms with Crippen LogP contribution in [0.25, 0.3) is 10.8 Å². The summed E-state index contributed by atoms with van der Waals surface area (Å²) in [5.74, 6) is 0.582. The zero-order valence-corrected chi connectivity index (χ0v) is 11.0. The number of rotatable bonds is 3. The molecule has 2 aromatic rings. The first-order valence-electron chi connectivity index (χ1n) is 5.63. The molecule has 0 aliphatic rings. The Balaban J connectivity index is 2.50. The summed E-state index contributed by atoms with van der Waals surface area (Å²) in [6.45, 7) is -1.04. The topological polar surface area (TPSA) is 16.1 Å². The molecule has 0 fully saturated rings. The van der Waals surface area contributed by atoms with Crippen LogP contribution in [0.2, 0.25) is 0 Å². The average Bonchev–Trinajstić information content (AvgIpc) is 2.35. The van der Waals surface area contributed by atoms with Gasteiger partial charge in [0.1, 0.15) is 12.4 Å². The zero-order valence-electron chi connectivity index (χ0n) is 10.2. The van der Waals surface area contributed by atoms with E-state index in [2.05, 4.69) is 4.98 Å². The molecule has 0 saturated heterocycles. The number of nitrogens with zero attached hydrogens (tertiary/aromatic N) is 2. The third-order valence-corrected chi connectivity index (χ3v) is 3.07. The predicted molar refractivity (Wildman–Crippen MR) is 70.6 cm³/mol. The van der Waals surface area contributed by atoms with Gasteiger partial charge < -0.3 is 4.90 Å². The third-order valence-electron chi connectivity index (χ3n) is 2.78. The number of anilines is 1. The average molecular weight is 289 g/mol. The molecule has 0 atom stereocenters. The van der Waals surface area contributed by atoms with Crippen molar-refractivity contribution < 1.29 is 13.2 Å². The van der Waals surface area contributed by atoms with Crippen LogP contribution in [0.1, 0.15) is 5.56 Å². The Labute approximate surface area is 113 Å². The van der Waals surface area contributed by atoms with Crippen molar-refractivity contribution in [3.8, 4) is 0 Å². The molecule has 0 unspecified atom stereocenters. The number of hydrogen-bond acceptors (Lipinski definition) is 2. The van der Waals surface area contributed by atoms with E-state index in [1.807, 2.05) is 12.1 Å². The van der Waals surface area contributed by atoms with Crippen LogP contribution in [0.5, 0.6) is 0 Å². The first kappa shape index (κ1) is 13.9. The molecule has 0 saturated carbocycles. The molecule has 1 aromatic heterocycles. The second-order valence-electron chi connectivity index (χ2n) is 4.26. The lowest BCUT2D eigenvalue weighted by atomic mass is 10.1. The number of halogens is 4. The van der Waals surface area contributed by atoms with Gasteiger partial charge in [-0.25, -0.2) is 4.98 Å². The first-order chi connectivity index (χ1) is 8.92. The summed E-state index contributed by atoms with van der Waals surface area (Å²) in [7, 11) is 1.38. The SMILES string of the molecule is CN(CC(F)(F)F)c1ncc(CCl)c2ccccc12. The van der Waals surface area contributed by atoms with Crippen molar-refractivity contribution in [2.75, 3.05) is 18.5 Å². The highest BCUT2D eigenvalue weighted by Crippen LogP contribution is 2.29. The molecule has 2 nitrogen and oxygen atoms in total. The van der Waals surface area contributed by atoms with Crippen LogP contribution in [0.4, 0.5) is 19.0 Å². The Morgan fingerprint density at radius 1 is 1.21 bits per heavy atom. The molecule has 0 aliphatic heterocycles. The van der Waals surface area contributed by atoms with Gasteiger partial charge in [0.15, 0.2) is 0 Å². The molecule has 6 heteroatoms. The number of pyridine rings is 1. The molecule has 0 bridgehead atoms. The van der Waals surface area contributed by atoms with E-state index in [0.29, 0.717) is 11.2 Å². The van der Waals surface area contributed by atoms with Crippen LogP contribution in [0.15, 0.2) is 30.5 Å². The van der Waals surface area contributed by atoms with Gasteiger partial charge in [0.2, 0.25) is 0 Å². The largest absolute Gasteiger partial charge is 0.405 e. The summed E-state index contributed by atoms with van der Waals surface area (Å²) in [5.41, 5.74) is 0.807. The van der Waals surface area contributed by atoms with Gasteiger partial charge in [-0.3, -0.25) is 0 Å². The molecular formula is C13H12ClF3N2. The van der Waals surface area contributed by atoms with Crippen molar-refractivity contribution in [1.82, 2.24) is 4.98 Å². The Morgan fingerprint density at radius 2 is 1.84 bits per heavy atom. The number of hydrogen-bond donors (Lipinski definition) is 0. The Bertz CT molecular complexity index is 584. The van der Waals surface area contributed by atoms with Gasteiger partial charge >= 0.3 is 6.18 Å². The van der Waals surface area contributed by atoms with Crippen LogP contribution in [0, 0.1) is 0 Å². The van der Waals surface area contributed by atoms with E-state index in [1.165, 1.54) is 13.2 Å². The van der Waals surface area contributed by atoms with E-state index in [0.717, 1.165) is 15.8 Å².